The van der Waals surface area contributed by atoms with Crippen LogP contribution in [0.4, 0.5) is 34.1 Å². The third-order valence-electron chi connectivity index (χ3n) is 14.2. The molecule has 0 bridgehead atoms. The smallest absolute Gasteiger partial charge is 0.0546 e. The zero-order valence-corrected chi connectivity index (χ0v) is 38.6. The summed E-state index contributed by atoms with van der Waals surface area (Å²) in [5.74, 6) is 0. The maximum absolute atomic E-state index is 4.24. The van der Waals surface area contributed by atoms with E-state index in [2.05, 4.69) is 266 Å². The first-order valence-electron chi connectivity index (χ1n) is 24.0. The molecule has 13 aromatic carbocycles. The summed E-state index contributed by atoms with van der Waals surface area (Å²) in [6.07, 6.45) is 3.85. The van der Waals surface area contributed by atoms with E-state index in [-0.39, 0.29) is 0 Å². The zero-order chi connectivity index (χ0) is 46.7. The van der Waals surface area contributed by atoms with Crippen molar-refractivity contribution in [3.05, 3.63) is 267 Å². The van der Waals surface area contributed by atoms with Gasteiger partial charge in [0.05, 0.1) is 11.4 Å². The number of rotatable bonds is 10. The molecule has 0 aliphatic heterocycles. The summed E-state index contributed by atoms with van der Waals surface area (Å²) in [5.41, 5.74) is 13.3. The fourth-order valence-corrected chi connectivity index (χ4v) is 10.9. The van der Waals surface area contributed by atoms with Crippen molar-refractivity contribution in [2.45, 2.75) is 0 Å². The van der Waals surface area contributed by atoms with Gasteiger partial charge in [-0.3, -0.25) is 0 Å². The van der Waals surface area contributed by atoms with E-state index in [0.29, 0.717) is 0 Å². The van der Waals surface area contributed by atoms with Crippen LogP contribution in [-0.4, -0.2) is 0 Å². The molecule has 0 N–H and O–H groups in total. The van der Waals surface area contributed by atoms with Gasteiger partial charge in [0.2, 0.25) is 0 Å². The van der Waals surface area contributed by atoms with E-state index in [1.807, 2.05) is 12.2 Å². The first-order chi connectivity index (χ1) is 34.6. The fraction of sp³-hybridized carbons (Fsp3) is 0. The molecular formula is C68H46N2. The molecule has 0 aliphatic rings. The van der Waals surface area contributed by atoms with Crippen LogP contribution in [0.1, 0.15) is 11.1 Å². The lowest BCUT2D eigenvalue weighted by atomic mass is 9.84. The largest absolute Gasteiger partial charge is 0.310 e. The molecule has 13 rings (SSSR count). The number of benzene rings is 13. The maximum atomic E-state index is 4.24. The molecule has 328 valence electrons. The molecular weight excluding hydrogens is 845 g/mol. The summed E-state index contributed by atoms with van der Waals surface area (Å²) in [6.45, 7) is 8.39. The van der Waals surface area contributed by atoms with E-state index in [1.165, 1.54) is 75.8 Å². The Kier molecular flexibility index (Phi) is 9.85. The summed E-state index contributed by atoms with van der Waals surface area (Å²) < 4.78 is 0. The highest BCUT2D eigenvalue weighted by molar-refractivity contribution is 6.32. The third-order valence-corrected chi connectivity index (χ3v) is 14.2. The van der Waals surface area contributed by atoms with Gasteiger partial charge < -0.3 is 9.80 Å². The minimum absolute atomic E-state index is 1.05. The molecule has 2 heteroatoms. The number of hydrogen-bond acceptors (Lipinski definition) is 2. The molecule has 0 amide bonds. The Balaban J connectivity index is 1.20. The maximum Gasteiger partial charge on any atom is 0.0546 e. The second kappa shape index (κ2) is 16.8. The van der Waals surface area contributed by atoms with Crippen molar-refractivity contribution in [2.24, 2.45) is 0 Å². The molecule has 0 saturated carbocycles. The number of anilines is 6. The quantitative estimate of drug-likeness (QED) is 0.126. The average molecular weight is 891 g/mol. The van der Waals surface area contributed by atoms with Gasteiger partial charge in [-0.2, -0.15) is 0 Å². The van der Waals surface area contributed by atoms with Gasteiger partial charge in [0.25, 0.3) is 0 Å². The molecule has 0 aromatic heterocycles. The minimum atomic E-state index is 1.05. The normalized spacial score (nSPS) is 11.5. The minimum Gasteiger partial charge on any atom is -0.310 e. The first kappa shape index (κ1) is 41.0. The van der Waals surface area contributed by atoms with Crippen LogP contribution in [0.2, 0.25) is 0 Å². The van der Waals surface area contributed by atoms with Crippen molar-refractivity contribution < 1.29 is 0 Å². The predicted molar refractivity (Wildman–Crippen MR) is 303 cm³/mol. The van der Waals surface area contributed by atoms with Gasteiger partial charge in [-0.1, -0.05) is 195 Å². The molecule has 0 heterocycles. The Morgan fingerprint density at radius 3 is 1.13 bits per heavy atom. The second-order valence-electron chi connectivity index (χ2n) is 18.2. The highest BCUT2D eigenvalue weighted by Gasteiger charge is 2.26. The number of nitrogens with zero attached hydrogens (tertiary/aromatic N) is 2. The van der Waals surface area contributed by atoms with Gasteiger partial charge in [-0.25, -0.2) is 0 Å². The lowest BCUT2D eigenvalue weighted by Gasteiger charge is -2.31. The molecule has 0 fully saturated rings. The van der Waals surface area contributed by atoms with Gasteiger partial charge in [-0.05, 0) is 149 Å². The van der Waals surface area contributed by atoms with E-state index >= 15 is 0 Å². The number of para-hydroxylation sites is 2. The first-order valence-corrected chi connectivity index (χ1v) is 24.0. The lowest BCUT2D eigenvalue weighted by molar-refractivity contribution is 1.30. The predicted octanol–water partition coefficient (Wildman–Crippen LogP) is 19.6. The van der Waals surface area contributed by atoms with E-state index in [0.717, 1.165) is 56.4 Å². The SMILES string of the molecule is C=Cc1ccc(-c2cc(N(c3ccccc3)c3ccc4ccccc4c3)c3ccc4c(-c5ccc6ccccc6c5)cc(N(c5ccccc5)c5ccc6ccccc6c5)c5ccc2c3c45)cc1C=C. The summed E-state index contributed by atoms with van der Waals surface area (Å²) in [4.78, 5) is 4.91. The van der Waals surface area contributed by atoms with E-state index < -0.39 is 0 Å². The van der Waals surface area contributed by atoms with Gasteiger partial charge in [-0.15, -0.1) is 0 Å². The number of hydrogen-bond donors (Lipinski definition) is 0. The lowest BCUT2D eigenvalue weighted by Crippen LogP contribution is -2.12. The monoisotopic (exact) mass is 890 g/mol. The molecule has 0 radical (unpaired) electrons. The Morgan fingerprint density at radius 1 is 0.271 bits per heavy atom. The Morgan fingerprint density at radius 2 is 0.657 bits per heavy atom. The Hall–Kier alpha value is -9.24. The molecule has 70 heavy (non-hydrogen) atoms. The van der Waals surface area contributed by atoms with Crippen LogP contribution in [0.5, 0.6) is 0 Å². The van der Waals surface area contributed by atoms with Crippen LogP contribution in [0.15, 0.2) is 256 Å². The molecule has 0 saturated heterocycles. The van der Waals surface area contributed by atoms with E-state index in [4.69, 9.17) is 0 Å². The molecule has 0 spiro atoms. The second-order valence-corrected chi connectivity index (χ2v) is 18.2. The molecule has 0 unspecified atom stereocenters. The summed E-state index contributed by atoms with van der Waals surface area (Å²) in [5, 5.41) is 14.4. The van der Waals surface area contributed by atoms with E-state index in [9.17, 15) is 0 Å². The Labute approximate surface area is 407 Å². The van der Waals surface area contributed by atoms with Gasteiger partial charge in [0, 0.05) is 44.3 Å². The van der Waals surface area contributed by atoms with E-state index in [1.54, 1.807) is 0 Å². The fourth-order valence-electron chi connectivity index (χ4n) is 10.9. The van der Waals surface area contributed by atoms with Crippen LogP contribution in [0, 0.1) is 0 Å². The number of fused-ring (bicyclic) bond motifs is 3. The van der Waals surface area contributed by atoms with Gasteiger partial charge in [0.1, 0.15) is 0 Å². The summed E-state index contributed by atoms with van der Waals surface area (Å²) in [6, 6.07) is 89.2. The zero-order valence-electron chi connectivity index (χ0n) is 38.6. The Bertz CT molecular complexity index is 4170. The van der Waals surface area contributed by atoms with Gasteiger partial charge >= 0.3 is 0 Å². The van der Waals surface area contributed by atoms with Gasteiger partial charge in [0.15, 0.2) is 0 Å². The van der Waals surface area contributed by atoms with Crippen LogP contribution in [0.3, 0.4) is 0 Å². The molecule has 0 atom stereocenters. The summed E-state index contributed by atoms with van der Waals surface area (Å²) in [7, 11) is 0. The highest BCUT2D eigenvalue weighted by Crippen LogP contribution is 2.52. The van der Waals surface area contributed by atoms with Crippen LogP contribution in [0.25, 0.3) is 99.0 Å². The van der Waals surface area contributed by atoms with Crippen LogP contribution < -0.4 is 9.80 Å². The van der Waals surface area contributed by atoms with Crippen LogP contribution in [-0.2, 0) is 0 Å². The van der Waals surface area contributed by atoms with Crippen molar-refractivity contribution in [1.82, 2.24) is 0 Å². The highest BCUT2D eigenvalue weighted by atomic mass is 15.1. The standard InChI is InChI=1S/C68H46N2/c1-3-45-27-29-53(39-46(45)4-2)63-43-65(69(55-23-7-5-8-24-55)57-33-31-48-18-12-15-21-51(48)41-57)61-38-36-60-64(54-30-28-47-17-11-14-20-50(47)40-54)44-66(62-37-35-59(63)67(61)68(60)62)70(56-25-9-6-10-26-56)58-34-32-49-19-13-16-22-52(49)42-58/h3-44H,1-2H2. The average Bonchev–Trinajstić information content (AvgIpc) is 3.43. The van der Waals surface area contributed by atoms with Crippen LogP contribution >= 0.6 is 0 Å². The molecule has 2 nitrogen and oxygen atoms in total. The molecule has 13 aromatic rings. The molecule has 0 aliphatic carbocycles. The van der Waals surface area contributed by atoms with Crippen molar-refractivity contribution in [2.75, 3.05) is 9.80 Å². The summed E-state index contributed by atoms with van der Waals surface area (Å²) >= 11 is 0. The topological polar surface area (TPSA) is 6.48 Å². The van der Waals surface area contributed by atoms with Crippen molar-refractivity contribution in [1.29, 1.82) is 0 Å². The third kappa shape index (κ3) is 6.80. The van der Waals surface area contributed by atoms with Crippen molar-refractivity contribution in [3.8, 4) is 22.3 Å². The van der Waals surface area contributed by atoms with Crippen molar-refractivity contribution in [3.63, 3.8) is 0 Å². The van der Waals surface area contributed by atoms with Crippen molar-refractivity contribution >= 4 is 111 Å².